The van der Waals surface area contributed by atoms with E-state index in [4.69, 9.17) is 33.2 Å². The van der Waals surface area contributed by atoms with Gasteiger partial charge < -0.3 is 99.5 Å². The summed E-state index contributed by atoms with van der Waals surface area (Å²) >= 11 is 0. The Morgan fingerprint density at radius 2 is 1.04 bits per heavy atom. The molecular weight excluding hydrogens is 924 g/mol. The molecule has 27 nitrogen and oxygen atoms in total. The normalized spacial score (nSPS) is 23.0. The first kappa shape index (κ1) is 46.9. The van der Waals surface area contributed by atoms with Gasteiger partial charge >= 0.3 is 41.8 Å². The van der Waals surface area contributed by atoms with Crippen molar-refractivity contribution in [3.63, 3.8) is 0 Å². The van der Waals surface area contributed by atoms with Gasteiger partial charge in [-0.2, -0.15) is 0 Å². The zero-order valence-corrected chi connectivity index (χ0v) is 33.6. The summed E-state index contributed by atoms with van der Waals surface area (Å²) in [7, 11) is 0. The number of esters is 6. The van der Waals surface area contributed by atoms with E-state index in [1.165, 1.54) is 0 Å². The number of hydrogen-bond acceptors (Lipinski definition) is 26. The molecule has 3 heterocycles. The number of aromatic hydroxyl groups is 11. The molecule has 0 radical (unpaired) electrons. The van der Waals surface area contributed by atoms with Gasteiger partial charge in [-0.05, 0) is 42.5 Å². The number of carboxylic acids is 1. The van der Waals surface area contributed by atoms with Crippen LogP contribution < -0.4 is 4.74 Å². The smallest absolute Gasteiger partial charge is 0.341 e. The second-order valence-electron chi connectivity index (χ2n) is 14.9. The van der Waals surface area contributed by atoms with Crippen molar-refractivity contribution < 1.29 is 133 Å². The standard InChI is InChI=1S/C41H32O27/c42-15-1-10(2-16(43)26(15)51)35(56)62-9-22-31-33(66-36(57)11-3-17(44)27(52)18(45)4-11)34(41(63-22)68-37(58)12-5-19(46)28(53)20(47)6-12)67-38(59)13-7-21(48)29(54)32-25(13)24(30(55)40(61)65-32)14(8-23(49)50)39(60)64-31/h1-7,14,22,24,30-31,33-34,41-48,51-55H,8-9H2,(H,49,50)/t14-,22+,24+,30+,31+,33-,34-,41+/m0/s1. The van der Waals surface area contributed by atoms with Crippen LogP contribution in [0.5, 0.6) is 69.0 Å². The molecule has 0 spiro atoms. The number of aliphatic hydroxyl groups is 1. The molecule has 0 aliphatic carbocycles. The Morgan fingerprint density at radius 3 is 1.54 bits per heavy atom. The van der Waals surface area contributed by atoms with Crippen molar-refractivity contribution in [3.8, 4) is 69.0 Å². The fourth-order valence-corrected chi connectivity index (χ4v) is 7.37. The van der Waals surface area contributed by atoms with Gasteiger partial charge in [0, 0.05) is 11.5 Å². The van der Waals surface area contributed by atoms with E-state index in [1.54, 1.807) is 0 Å². The van der Waals surface area contributed by atoms with Crippen molar-refractivity contribution in [1.29, 1.82) is 0 Å². The lowest BCUT2D eigenvalue weighted by atomic mass is 9.76. The maximum absolute atomic E-state index is 14.5. The summed E-state index contributed by atoms with van der Waals surface area (Å²) in [5.41, 5.74) is -4.15. The largest absolute Gasteiger partial charge is 0.504 e. The Hall–Kier alpha value is -9.11. The molecule has 0 aromatic heterocycles. The van der Waals surface area contributed by atoms with Crippen LogP contribution in [0.2, 0.25) is 0 Å². The minimum absolute atomic E-state index is 0.449. The van der Waals surface area contributed by atoms with Gasteiger partial charge in [-0.3, -0.25) is 9.59 Å². The molecule has 1 fully saturated rings. The molecule has 27 heteroatoms. The minimum atomic E-state index is -2.57. The quantitative estimate of drug-likeness (QED) is 0.0455. The Labute approximate surface area is 375 Å². The number of fused-ring (bicyclic) bond motifs is 2. The molecule has 13 N–H and O–H groups in total. The van der Waals surface area contributed by atoms with Gasteiger partial charge in [0.25, 0.3) is 0 Å². The van der Waals surface area contributed by atoms with Gasteiger partial charge in [-0.1, -0.05) is 0 Å². The fourth-order valence-electron chi connectivity index (χ4n) is 7.37. The molecule has 1 saturated heterocycles. The van der Waals surface area contributed by atoms with Crippen LogP contribution in [-0.4, -0.2) is 152 Å². The van der Waals surface area contributed by atoms with Gasteiger partial charge in [0.05, 0.1) is 34.6 Å². The van der Waals surface area contributed by atoms with Gasteiger partial charge in [0.2, 0.25) is 18.1 Å². The van der Waals surface area contributed by atoms with Crippen LogP contribution in [0.4, 0.5) is 0 Å². The van der Waals surface area contributed by atoms with Crippen LogP contribution >= 0.6 is 0 Å². The molecule has 8 atom stereocenters. The van der Waals surface area contributed by atoms with E-state index in [0.717, 1.165) is 0 Å². The van der Waals surface area contributed by atoms with Crippen molar-refractivity contribution in [2.24, 2.45) is 5.92 Å². The SMILES string of the molecule is O=C(O)C[C@@H]1C(=O)O[C@H]2[C@H](OC(=O)c3cc(O)c(O)c(O)c3)[C@H](OC(=O)c3cc(O)c(O)c4c3[C@@H]1[C@@H](O)C(=O)O4)[C@@H](OC(=O)c1cc(O)c(O)c(O)c1)O[C@@H]2COC(=O)c1cc(O)c(O)c(O)c1. The number of phenols is 11. The lowest BCUT2D eigenvalue weighted by Crippen LogP contribution is -2.63. The third-order valence-electron chi connectivity index (χ3n) is 10.6. The van der Waals surface area contributed by atoms with Gasteiger partial charge in [0.1, 0.15) is 12.7 Å². The number of aliphatic hydroxyl groups excluding tert-OH is 1. The average molecular weight is 957 g/mol. The maximum atomic E-state index is 14.5. The number of aliphatic carboxylic acids is 1. The molecule has 4 aromatic rings. The summed E-state index contributed by atoms with van der Waals surface area (Å²) in [5, 5.41) is 133. The highest BCUT2D eigenvalue weighted by Crippen LogP contribution is 2.51. The van der Waals surface area contributed by atoms with Crippen LogP contribution in [0.1, 0.15) is 59.3 Å². The topological polar surface area (TPSA) is 447 Å². The van der Waals surface area contributed by atoms with E-state index < -0.39 is 200 Å². The Balaban J connectivity index is 1.44. The first-order valence-electron chi connectivity index (χ1n) is 19.1. The zero-order valence-electron chi connectivity index (χ0n) is 33.6. The number of hydrogen-bond donors (Lipinski definition) is 13. The molecule has 0 saturated carbocycles. The summed E-state index contributed by atoms with van der Waals surface area (Å²) in [5.74, 6) is -29.8. The molecule has 68 heavy (non-hydrogen) atoms. The van der Waals surface area contributed by atoms with Crippen LogP contribution in [0, 0.1) is 5.92 Å². The van der Waals surface area contributed by atoms with Gasteiger partial charge in [-0.25, -0.2) is 24.0 Å². The Kier molecular flexibility index (Phi) is 12.2. The van der Waals surface area contributed by atoms with Gasteiger partial charge in [0.15, 0.2) is 81.6 Å². The third-order valence-corrected chi connectivity index (χ3v) is 10.6. The monoisotopic (exact) mass is 956 g/mol. The van der Waals surface area contributed by atoms with E-state index >= 15 is 0 Å². The third kappa shape index (κ3) is 8.58. The van der Waals surface area contributed by atoms with Crippen molar-refractivity contribution in [3.05, 3.63) is 70.3 Å². The van der Waals surface area contributed by atoms with Crippen molar-refractivity contribution in [1.82, 2.24) is 0 Å². The number of phenolic OH excluding ortho intramolecular Hbond substituents is 11. The Bertz CT molecular complexity index is 2750. The number of rotatable bonds is 9. The summed E-state index contributed by atoms with van der Waals surface area (Å²) in [4.78, 5) is 95.4. The highest BCUT2D eigenvalue weighted by Gasteiger charge is 2.57. The van der Waals surface area contributed by atoms with Crippen molar-refractivity contribution in [2.45, 2.75) is 49.1 Å². The molecule has 2 bridgehead atoms. The van der Waals surface area contributed by atoms with E-state index in [-0.39, 0.29) is 0 Å². The summed E-state index contributed by atoms with van der Waals surface area (Å²) in [6, 6.07) is 3.84. The van der Waals surface area contributed by atoms with Crippen molar-refractivity contribution in [2.75, 3.05) is 6.61 Å². The number of benzene rings is 4. The predicted molar refractivity (Wildman–Crippen MR) is 207 cm³/mol. The van der Waals surface area contributed by atoms with Crippen LogP contribution in [0.15, 0.2) is 42.5 Å². The van der Waals surface area contributed by atoms with E-state index in [9.17, 15) is 99.9 Å². The number of carboxylic acid groups (broad SMARTS) is 1. The molecule has 7 rings (SSSR count). The number of carbonyl (C=O) groups is 7. The average Bonchev–Trinajstić information content (AvgIpc) is 3.28. The molecule has 0 unspecified atom stereocenters. The highest BCUT2D eigenvalue weighted by atomic mass is 16.7. The summed E-state index contributed by atoms with van der Waals surface area (Å²) < 4.78 is 38.6. The first-order valence-corrected chi connectivity index (χ1v) is 19.1. The van der Waals surface area contributed by atoms with E-state index in [0.29, 0.717) is 42.5 Å². The predicted octanol–water partition coefficient (Wildman–Crippen LogP) is 0.0179. The second kappa shape index (κ2) is 17.7. The van der Waals surface area contributed by atoms with Crippen molar-refractivity contribution >= 4 is 41.8 Å². The molecule has 0 amide bonds. The first-order chi connectivity index (χ1) is 32.0. The molecule has 3 aliphatic rings. The molecule has 358 valence electrons. The van der Waals surface area contributed by atoms with Crippen LogP contribution in [-0.2, 0) is 42.8 Å². The highest BCUT2D eigenvalue weighted by molar-refractivity contribution is 5.98. The van der Waals surface area contributed by atoms with Crippen LogP contribution in [0.3, 0.4) is 0 Å². The molecule has 3 aliphatic heterocycles. The minimum Gasteiger partial charge on any atom is -0.504 e. The summed E-state index contributed by atoms with van der Waals surface area (Å²) in [6.07, 6.45) is -16.3. The second-order valence-corrected chi connectivity index (χ2v) is 14.9. The number of ether oxygens (including phenoxy) is 7. The van der Waals surface area contributed by atoms with E-state index in [1.807, 2.05) is 0 Å². The fraction of sp³-hybridized carbons (Fsp3) is 0.244. The zero-order chi connectivity index (χ0) is 49.8. The lowest BCUT2D eigenvalue weighted by molar-refractivity contribution is -0.287. The molecular formula is C41H32O27. The number of carbonyl (C=O) groups excluding carboxylic acids is 6. The van der Waals surface area contributed by atoms with E-state index in [2.05, 4.69) is 0 Å². The Morgan fingerprint density at radius 1 is 0.574 bits per heavy atom. The van der Waals surface area contributed by atoms with Crippen LogP contribution in [0.25, 0.3) is 0 Å². The summed E-state index contributed by atoms with van der Waals surface area (Å²) in [6.45, 7) is -1.28. The van der Waals surface area contributed by atoms with Gasteiger partial charge in [-0.15, -0.1) is 0 Å². The molecule has 4 aromatic carbocycles. The maximum Gasteiger partial charge on any atom is 0.341 e. The lowest BCUT2D eigenvalue weighted by Gasteiger charge is -2.44.